The van der Waals surface area contributed by atoms with Crippen molar-refractivity contribution in [1.29, 1.82) is 0 Å². The van der Waals surface area contributed by atoms with Crippen LogP contribution in [0.3, 0.4) is 0 Å². The molecule has 0 aliphatic carbocycles. The number of methoxy groups -OCH3 is 3. The van der Waals surface area contributed by atoms with Crippen molar-refractivity contribution in [2.45, 2.75) is 61.5 Å². The molecule has 1 aliphatic rings. The molecule has 1 saturated heterocycles. The Kier molecular flexibility index (Phi) is 12.2. The van der Waals surface area contributed by atoms with Crippen LogP contribution in [0, 0.1) is 8.99 Å². The molecule has 1 aromatic heterocycles. The van der Waals surface area contributed by atoms with Crippen LogP contribution in [0.2, 0.25) is 0 Å². The van der Waals surface area contributed by atoms with Crippen LogP contribution in [0.4, 0.5) is 4.79 Å². The molecular weight excluding hydrogens is 887 g/mol. The third-order valence-corrected chi connectivity index (χ3v) is 14.8. The number of tetrazole rings is 1. The highest BCUT2D eigenvalue weighted by molar-refractivity contribution is 14.1. The largest absolute Gasteiger partial charge is 0.497 e. The first-order valence-corrected chi connectivity index (χ1v) is 21.8. The number of halogens is 1. The van der Waals surface area contributed by atoms with Crippen LogP contribution in [0.1, 0.15) is 37.5 Å². The fourth-order valence-corrected chi connectivity index (χ4v) is 12.3. The molecule has 2 unspecified atom stereocenters. The fraction of sp³-hybridized carbons (Fsp3) is 0.333. The van der Waals surface area contributed by atoms with Crippen molar-refractivity contribution in [3.8, 4) is 28.6 Å². The highest BCUT2D eigenvalue weighted by Crippen LogP contribution is 2.44. The van der Waals surface area contributed by atoms with Gasteiger partial charge in [-0.15, -0.1) is 10.2 Å². The minimum atomic E-state index is -4.78. The summed E-state index contributed by atoms with van der Waals surface area (Å²) in [6.45, 7) is 4.80. The van der Waals surface area contributed by atoms with Gasteiger partial charge in [0.25, 0.3) is 0 Å². The Morgan fingerprint density at radius 3 is 1.75 bits per heavy atom. The summed E-state index contributed by atoms with van der Waals surface area (Å²) in [7, 11) is -4.71. The van der Waals surface area contributed by atoms with Gasteiger partial charge in [-0.05, 0) is 98.4 Å². The van der Waals surface area contributed by atoms with Crippen LogP contribution < -0.4 is 14.2 Å². The molecule has 15 nitrogen and oxygen atoms in total. The Bertz CT molecular complexity index is 2410. The van der Waals surface area contributed by atoms with Crippen molar-refractivity contribution in [3.63, 3.8) is 0 Å². The Morgan fingerprint density at radius 1 is 0.807 bits per heavy atom. The lowest BCUT2D eigenvalue weighted by Gasteiger charge is -2.52. The van der Waals surface area contributed by atoms with Gasteiger partial charge in [0.15, 0.2) is 9.84 Å². The number of ether oxygens (including phenoxy) is 3. The standard InChI is InChI=1S/C39H43IN6O9S2/c1-39(2,3)36-33(24-45(36)38(47)48)56(49,50)32-20-19-31(40)34(37-41-43-46(42-37)23-27-11-17-30(55-6)18-12-27)35(32)57(51,52)44(21-25-7-13-28(53-4)14-8-25)22-26-9-15-29(54-5)16-10-26/h7-20,33,36H,21-24H2,1-6H3,(H,47,48). The molecule has 0 saturated carbocycles. The first-order valence-electron chi connectivity index (χ1n) is 17.7. The van der Waals surface area contributed by atoms with Crippen molar-refractivity contribution in [2.24, 2.45) is 5.41 Å². The Labute approximate surface area is 345 Å². The molecule has 5 aromatic rings. The number of hydrogen-bond acceptors (Lipinski definition) is 11. The number of likely N-dealkylation sites (tertiary alicyclic amines) is 1. The molecule has 1 amide bonds. The summed E-state index contributed by atoms with van der Waals surface area (Å²) in [5, 5.41) is 21.8. The van der Waals surface area contributed by atoms with Crippen molar-refractivity contribution < 1.29 is 40.9 Å². The number of sulfone groups is 1. The van der Waals surface area contributed by atoms with Crippen LogP contribution in [0.25, 0.3) is 11.4 Å². The van der Waals surface area contributed by atoms with E-state index in [0.717, 1.165) is 10.5 Å². The molecule has 1 aliphatic heterocycles. The second-order valence-electron chi connectivity index (χ2n) is 14.5. The van der Waals surface area contributed by atoms with E-state index < -0.39 is 52.5 Å². The maximum absolute atomic E-state index is 15.5. The third-order valence-electron chi connectivity index (χ3n) is 9.77. The lowest BCUT2D eigenvalue weighted by molar-refractivity contribution is 0.0237. The van der Waals surface area contributed by atoms with Crippen LogP contribution in [-0.2, 0) is 39.5 Å². The molecule has 1 fully saturated rings. The van der Waals surface area contributed by atoms with Gasteiger partial charge in [-0.25, -0.2) is 21.6 Å². The molecule has 302 valence electrons. The van der Waals surface area contributed by atoms with Crippen LogP contribution in [-0.4, -0.2) is 96.6 Å². The van der Waals surface area contributed by atoms with Crippen LogP contribution in [0.5, 0.6) is 17.2 Å². The molecule has 2 atom stereocenters. The van der Waals surface area contributed by atoms with Gasteiger partial charge in [-0.2, -0.15) is 9.10 Å². The van der Waals surface area contributed by atoms with E-state index in [4.69, 9.17) is 14.2 Å². The number of amides is 1. The van der Waals surface area contributed by atoms with E-state index in [1.165, 1.54) is 35.5 Å². The molecule has 6 rings (SSSR count). The van der Waals surface area contributed by atoms with Crippen molar-refractivity contribution >= 4 is 48.5 Å². The molecule has 1 N–H and O–H groups in total. The predicted octanol–water partition coefficient (Wildman–Crippen LogP) is 5.96. The smallest absolute Gasteiger partial charge is 0.407 e. The lowest BCUT2D eigenvalue weighted by atomic mass is 9.79. The van der Waals surface area contributed by atoms with E-state index in [1.807, 2.05) is 34.7 Å². The fourth-order valence-electron chi connectivity index (χ4n) is 6.88. The monoisotopic (exact) mass is 930 g/mol. The third kappa shape index (κ3) is 8.73. The average molecular weight is 931 g/mol. The van der Waals surface area contributed by atoms with E-state index in [1.54, 1.807) is 88.5 Å². The van der Waals surface area contributed by atoms with Crippen molar-refractivity contribution in [3.05, 3.63) is 105 Å². The predicted molar refractivity (Wildman–Crippen MR) is 219 cm³/mol. The van der Waals surface area contributed by atoms with Gasteiger partial charge in [-0.1, -0.05) is 57.2 Å². The number of benzene rings is 4. The number of nitrogens with zero attached hydrogens (tertiary/aromatic N) is 6. The maximum Gasteiger partial charge on any atom is 0.407 e. The summed E-state index contributed by atoms with van der Waals surface area (Å²) in [5.74, 6) is 1.70. The summed E-state index contributed by atoms with van der Waals surface area (Å²) in [6, 6.07) is 22.8. The second kappa shape index (κ2) is 16.6. The normalized spacial score (nSPS) is 16.0. The average Bonchev–Trinajstić information content (AvgIpc) is 3.61. The molecule has 0 bridgehead atoms. The van der Waals surface area contributed by atoms with Crippen LogP contribution in [0.15, 0.2) is 94.7 Å². The zero-order valence-electron chi connectivity index (χ0n) is 32.2. The van der Waals surface area contributed by atoms with Crippen molar-refractivity contribution in [2.75, 3.05) is 27.9 Å². The summed E-state index contributed by atoms with van der Waals surface area (Å²) >= 11 is 1.95. The van der Waals surface area contributed by atoms with Crippen molar-refractivity contribution in [1.82, 2.24) is 29.4 Å². The van der Waals surface area contributed by atoms with Gasteiger partial charge < -0.3 is 24.2 Å². The van der Waals surface area contributed by atoms with Gasteiger partial charge >= 0.3 is 6.09 Å². The van der Waals surface area contributed by atoms with Gasteiger partial charge in [0, 0.05) is 23.2 Å². The SMILES string of the molecule is COc1ccc(CN(Cc2ccc(OC)cc2)S(=O)(=O)c2c(S(=O)(=O)C3CN(C(=O)O)C3C(C)(C)C)ccc(I)c2-c2nnn(Cc3ccc(OC)cc3)n2)cc1. The molecule has 18 heteroatoms. The Balaban J connectivity index is 1.55. The maximum atomic E-state index is 15.5. The molecule has 0 radical (unpaired) electrons. The molecule has 57 heavy (non-hydrogen) atoms. The van der Waals surface area contributed by atoms with E-state index in [2.05, 4.69) is 15.4 Å². The first kappa shape index (κ1) is 41.8. The van der Waals surface area contributed by atoms with Crippen LogP contribution >= 0.6 is 22.6 Å². The summed E-state index contributed by atoms with van der Waals surface area (Å²) in [4.78, 5) is 13.6. The summed E-state index contributed by atoms with van der Waals surface area (Å²) < 4.78 is 78.5. The summed E-state index contributed by atoms with van der Waals surface area (Å²) in [6.07, 6.45) is -1.26. The van der Waals surface area contributed by atoms with Gasteiger partial charge in [0.05, 0.1) is 44.4 Å². The molecule has 4 aromatic carbocycles. The lowest BCUT2D eigenvalue weighted by Crippen LogP contribution is -2.69. The minimum Gasteiger partial charge on any atom is -0.497 e. The van der Waals surface area contributed by atoms with E-state index in [-0.39, 0.29) is 37.6 Å². The number of hydrogen-bond donors (Lipinski definition) is 1. The first-order chi connectivity index (χ1) is 27.0. The minimum absolute atomic E-state index is 0.0474. The number of carboxylic acid groups (broad SMARTS) is 1. The highest BCUT2D eigenvalue weighted by Gasteiger charge is 2.55. The van der Waals surface area contributed by atoms with Gasteiger partial charge in [0.2, 0.25) is 15.8 Å². The Hall–Kier alpha value is -4.79. The molecule has 2 heterocycles. The number of aromatic nitrogens is 4. The number of carbonyl (C=O) groups is 1. The summed E-state index contributed by atoms with van der Waals surface area (Å²) in [5.41, 5.74) is 1.17. The topological polar surface area (TPSA) is 183 Å². The molecule has 0 spiro atoms. The van der Waals surface area contributed by atoms with E-state index in [9.17, 15) is 18.3 Å². The number of sulfonamides is 1. The zero-order chi connectivity index (χ0) is 41.3. The highest BCUT2D eigenvalue weighted by atomic mass is 127. The Morgan fingerprint density at radius 2 is 1.30 bits per heavy atom. The molecular formula is C39H43IN6O9S2. The quantitative estimate of drug-likeness (QED) is 0.129. The van der Waals surface area contributed by atoms with E-state index in [0.29, 0.717) is 31.9 Å². The second-order valence-corrected chi connectivity index (χ2v) is 19.7. The van der Waals surface area contributed by atoms with Gasteiger partial charge in [-0.3, -0.25) is 0 Å². The van der Waals surface area contributed by atoms with E-state index >= 15 is 8.42 Å². The number of rotatable bonds is 14. The van der Waals surface area contributed by atoms with Gasteiger partial charge in [0.1, 0.15) is 27.4 Å². The zero-order valence-corrected chi connectivity index (χ0v) is 35.9.